The van der Waals surface area contributed by atoms with Crippen LogP contribution in [0.3, 0.4) is 0 Å². The number of methoxy groups -OCH3 is 1. The van der Waals surface area contributed by atoms with Crippen LogP contribution in [0.25, 0.3) is 0 Å². The Labute approximate surface area is 201 Å². The molecule has 0 heterocycles. The molecule has 0 spiro atoms. The fourth-order valence-corrected chi connectivity index (χ4v) is 3.16. The highest BCUT2D eigenvalue weighted by Crippen LogP contribution is 2.07. The van der Waals surface area contributed by atoms with Gasteiger partial charge in [0.1, 0.15) is 6.61 Å². The number of rotatable bonds is 26. The van der Waals surface area contributed by atoms with Crippen molar-refractivity contribution in [3.63, 3.8) is 0 Å². The molecule has 0 aliphatic carbocycles. The largest absolute Gasteiger partial charge is 0.385 e. The van der Waals surface area contributed by atoms with Crippen LogP contribution in [0.2, 0.25) is 0 Å². The lowest BCUT2D eigenvalue weighted by Crippen LogP contribution is -2.27. The van der Waals surface area contributed by atoms with Crippen LogP contribution in [-0.2, 0) is 33.3 Å². The molecule has 0 bridgehead atoms. The molecular formula is C25H49NO7. The summed E-state index contributed by atoms with van der Waals surface area (Å²) in [6, 6.07) is 0. The standard InChI is InChI=1S/C25H49NO7/c1-4-11-23(2)24(27)22-33-21-20-32-19-18-31-17-16-30-15-13-26-25(28)12-9-7-5-6-8-10-14-29-3/h23H,4-22H2,1-3H3,(H,26,28). The Morgan fingerprint density at radius 1 is 0.727 bits per heavy atom. The summed E-state index contributed by atoms with van der Waals surface area (Å²) in [7, 11) is 1.73. The summed E-state index contributed by atoms with van der Waals surface area (Å²) in [6.07, 6.45) is 9.25. The van der Waals surface area contributed by atoms with Crippen LogP contribution in [0.4, 0.5) is 0 Å². The maximum atomic E-state index is 11.8. The number of hydrogen-bond acceptors (Lipinski definition) is 7. The first-order valence-electron chi connectivity index (χ1n) is 12.7. The predicted octanol–water partition coefficient (Wildman–Crippen LogP) is 3.55. The van der Waals surface area contributed by atoms with Gasteiger partial charge in [0.05, 0.1) is 46.2 Å². The van der Waals surface area contributed by atoms with Gasteiger partial charge in [-0.15, -0.1) is 0 Å². The summed E-state index contributed by atoms with van der Waals surface area (Å²) in [4.78, 5) is 23.5. The van der Waals surface area contributed by atoms with E-state index >= 15 is 0 Å². The highest BCUT2D eigenvalue weighted by molar-refractivity contribution is 5.81. The van der Waals surface area contributed by atoms with Gasteiger partial charge >= 0.3 is 0 Å². The third-order valence-corrected chi connectivity index (χ3v) is 5.20. The molecule has 8 nitrogen and oxygen atoms in total. The predicted molar refractivity (Wildman–Crippen MR) is 130 cm³/mol. The van der Waals surface area contributed by atoms with Crippen molar-refractivity contribution in [2.75, 3.05) is 73.1 Å². The lowest BCUT2D eigenvalue weighted by Gasteiger charge is -2.10. The van der Waals surface area contributed by atoms with Crippen molar-refractivity contribution < 1.29 is 33.3 Å². The van der Waals surface area contributed by atoms with Crippen LogP contribution in [0.1, 0.15) is 71.6 Å². The van der Waals surface area contributed by atoms with E-state index in [2.05, 4.69) is 12.2 Å². The number of amides is 1. The molecule has 1 unspecified atom stereocenters. The SMILES string of the molecule is CCCC(C)C(=O)COCCOCCOCCOCCNC(=O)CCCCCCCCOC. The van der Waals surface area contributed by atoms with Crippen LogP contribution in [0.5, 0.6) is 0 Å². The first kappa shape index (κ1) is 31.9. The van der Waals surface area contributed by atoms with E-state index in [9.17, 15) is 9.59 Å². The average Bonchev–Trinajstić information content (AvgIpc) is 2.81. The maximum Gasteiger partial charge on any atom is 0.220 e. The molecule has 0 aromatic rings. The zero-order valence-corrected chi connectivity index (χ0v) is 21.4. The Kier molecular flexibility index (Phi) is 24.7. The van der Waals surface area contributed by atoms with Gasteiger partial charge in [0.15, 0.2) is 5.78 Å². The number of carbonyl (C=O) groups excluding carboxylic acids is 2. The molecule has 33 heavy (non-hydrogen) atoms. The molecule has 1 N–H and O–H groups in total. The second-order valence-corrected chi connectivity index (χ2v) is 8.26. The van der Waals surface area contributed by atoms with Crippen molar-refractivity contribution in [3.05, 3.63) is 0 Å². The molecule has 196 valence electrons. The van der Waals surface area contributed by atoms with Gasteiger partial charge in [0.2, 0.25) is 5.91 Å². The number of carbonyl (C=O) groups is 2. The summed E-state index contributed by atoms with van der Waals surface area (Å²) in [6.45, 7) is 8.82. The normalized spacial score (nSPS) is 12.1. The van der Waals surface area contributed by atoms with E-state index < -0.39 is 0 Å². The van der Waals surface area contributed by atoms with Crippen molar-refractivity contribution >= 4 is 11.7 Å². The molecule has 0 radical (unpaired) electrons. The number of unbranched alkanes of at least 4 members (excludes halogenated alkanes) is 5. The molecule has 1 amide bonds. The molecule has 0 fully saturated rings. The first-order valence-corrected chi connectivity index (χ1v) is 12.7. The average molecular weight is 476 g/mol. The second-order valence-electron chi connectivity index (χ2n) is 8.26. The van der Waals surface area contributed by atoms with Crippen LogP contribution in [-0.4, -0.2) is 84.8 Å². The molecule has 0 aromatic heterocycles. The summed E-state index contributed by atoms with van der Waals surface area (Å²) < 4.78 is 26.7. The van der Waals surface area contributed by atoms with Crippen molar-refractivity contribution in [2.45, 2.75) is 71.6 Å². The van der Waals surface area contributed by atoms with Crippen LogP contribution in [0, 0.1) is 5.92 Å². The van der Waals surface area contributed by atoms with Crippen molar-refractivity contribution in [2.24, 2.45) is 5.92 Å². The fourth-order valence-electron chi connectivity index (χ4n) is 3.16. The quantitative estimate of drug-likeness (QED) is 0.191. The molecule has 0 saturated heterocycles. The monoisotopic (exact) mass is 475 g/mol. The summed E-state index contributed by atoms with van der Waals surface area (Å²) >= 11 is 0. The lowest BCUT2D eigenvalue weighted by atomic mass is 10.0. The minimum absolute atomic E-state index is 0.0688. The maximum absolute atomic E-state index is 11.8. The Morgan fingerprint density at radius 3 is 1.88 bits per heavy atom. The van der Waals surface area contributed by atoms with Crippen molar-refractivity contribution in [3.8, 4) is 0 Å². The Hall–Kier alpha value is -1.06. The summed E-state index contributed by atoms with van der Waals surface area (Å²) in [5.74, 6) is 0.314. The van der Waals surface area contributed by atoms with E-state index in [0.29, 0.717) is 59.2 Å². The number of hydrogen-bond donors (Lipinski definition) is 1. The lowest BCUT2D eigenvalue weighted by molar-refractivity contribution is -0.127. The second kappa shape index (κ2) is 25.6. The van der Waals surface area contributed by atoms with E-state index in [4.69, 9.17) is 23.7 Å². The van der Waals surface area contributed by atoms with Crippen molar-refractivity contribution in [1.82, 2.24) is 5.32 Å². The Morgan fingerprint density at radius 2 is 1.27 bits per heavy atom. The van der Waals surface area contributed by atoms with Gasteiger partial charge in [0, 0.05) is 32.6 Å². The number of ketones is 1. The number of nitrogens with one attached hydrogen (secondary N) is 1. The smallest absolute Gasteiger partial charge is 0.220 e. The van der Waals surface area contributed by atoms with Gasteiger partial charge in [-0.3, -0.25) is 9.59 Å². The molecule has 0 saturated carbocycles. The van der Waals surface area contributed by atoms with E-state index in [-0.39, 0.29) is 24.2 Å². The highest BCUT2D eigenvalue weighted by atomic mass is 16.6. The van der Waals surface area contributed by atoms with Gasteiger partial charge in [-0.05, 0) is 19.3 Å². The zero-order valence-electron chi connectivity index (χ0n) is 21.4. The van der Waals surface area contributed by atoms with Crippen LogP contribution < -0.4 is 5.32 Å². The molecule has 0 rings (SSSR count). The molecule has 0 aromatic carbocycles. The van der Waals surface area contributed by atoms with Gasteiger partial charge in [0.25, 0.3) is 0 Å². The highest BCUT2D eigenvalue weighted by Gasteiger charge is 2.11. The first-order chi connectivity index (χ1) is 16.1. The van der Waals surface area contributed by atoms with Crippen LogP contribution in [0.15, 0.2) is 0 Å². The fraction of sp³-hybridized carbons (Fsp3) is 0.920. The minimum Gasteiger partial charge on any atom is -0.385 e. The zero-order chi connectivity index (χ0) is 24.4. The molecule has 0 aliphatic heterocycles. The summed E-state index contributed by atoms with van der Waals surface area (Å²) in [5.41, 5.74) is 0. The minimum atomic E-state index is 0.0688. The molecule has 8 heteroatoms. The number of ether oxygens (including phenoxy) is 5. The Balaban J connectivity index is 3.23. The molecule has 1 atom stereocenters. The van der Waals surface area contributed by atoms with E-state index in [0.717, 1.165) is 38.7 Å². The van der Waals surface area contributed by atoms with Gasteiger partial charge in [-0.25, -0.2) is 0 Å². The van der Waals surface area contributed by atoms with E-state index in [1.807, 2.05) is 6.92 Å². The third-order valence-electron chi connectivity index (χ3n) is 5.20. The Bertz CT molecular complexity index is 448. The summed E-state index contributed by atoms with van der Waals surface area (Å²) in [5, 5.41) is 2.88. The molecule has 0 aliphatic rings. The van der Waals surface area contributed by atoms with Crippen LogP contribution >= 0.6 is 0 Å². The van der Waals surface area contributed by atoms with Crippen molar-refractivity contribution in [1.29, 1.82) is 0 Å². The number of Topliss-reactive ketones (excluding diaryl/α,β-unsaturated/α-hetero) is 1. The topological polar surface area (TPSA) is 92.3 Å². The van der Waals surface area contributed by atoms with Gasteiger partial charge in [-0.1, -0.05) is 46.0 Å². The van der Waals surface area contributed by atoms with Gasteiger partial charge in [-0.2, -0.15) is 0 Å². The van der Waals surface area contributed by atoms with E-state index in [1.54, 1.807) is 7.11 Å². The van der Waals surface area contributed by atoms with Gasteiger partial charge < -0.3 is 29.0 Å². The molecular weight excluding hydrogens is 426 g/mol. The third kappa shape index (κ3) is 23.9. The van der Waals surface area contributed by atoms with E-state index in [1.165, 1.54) is 19.3 Å².